The monoisotopic (exact) mass is 265 g/mol. The molecule has 7 nitrogen and oxygen atoms in total. The normalized spacial score (nSPS) is 15.4. The first-order valence-electron chi connectivity index (χ1n) is 6.35. The van der Waals surface area contributed by atoms with E-state index in [0.717, 1.165) is 18.8 Å². The quantitative estimate of drug-likeness (QED) is 0.726. The van der Waals surface area contributed by atoms with E-state index >= 15 is 0 Å². The number of nitrogens with zero attached hydrogens (tertiary/aromatic N) is 3. The van der Waals surface area contributed by atoms with E-state index in [1.807, 2.05) is 6.92 Å². The fourth-order valence-corrected chi connectivity index (χ4v) is 2.10. The molecule has 2 amide bonds. The summed E-state index contributed by atoms with van der Waals surface area (Å²) in [5, 5.41) is 9.92. The molecule has 1 aliphatic heterocycles. The van der Waals surface area contributed by atoms with Gasteiger partial charge < -0.3 is 15.5 Å². The van der Waals surface area contributed by atoms with Crippen molar-refractivity contribution in [3.05, 3.63) is 17.5 Å². The molecule has 0 aromatic carbocycles. The van der Waals surface area contributed by atoms with Crippen LogP contribution in [0.25, 0.3) is 0 Å². The maximum Gasteiger partial charge on any atom is 0.269 e. The van der Waals surface area contributed by atoms with Crippen molar-refractivity contribution in [1.29, 1.82) is 0 Å². The van der Waals surface area contributed by atoms with Crippen LogP contribution < -0.4 is 10.6 Å². The predicted octanol–water partition coefficient (Wildman–Crippen LogP) is -1.11. The SMILES string of the molecule is Cc1cc(C(=O)NCC(=O)N2CCNCC2)n(C)n1. The van der Waals surface area contributed by atoms with E-state index < -0.39 is 0 Å². The lowest BCUT2D eigenvalue weighted by Gasteiger charge is -2.27. The van der Waals surface area contributed by atoms with Crippen molar-refractivity contribution in [3.8, 4) is 0 Å². The van der Waals surface area contributed by atoms with Gasteiger partial charge in [0.1, 0.15) is 5.69 Å². The first-order chi connectivity index (χ1) is 9.08. The summed E-state index contributed by atoms with van der Waals surface area (Å²) in [6.07, 6.45) is 0. The Morgan fingerprint density at radius 2 is 2.11 bits per heavy atom. The molecule has 0 unspecified atom stereocenters. The van der Waals surface area contributed by atoms with Crippen molar-refractivity contribution in [1.82, 2.24) is 25.3 Å². The van der Waals surface area contributed by atoms with Crippen LogP contribution in [0.3, 0.4) is 0 Å². The highest BCUT2D eigenvalue weighted by Crippen LogP contribution is 2.01. The molecule has 0 saturated carbocycles. The topological polar surface area (TPSA) is 79.3 Å². The molecule has 0 atom stereocenters. The fraction of sp³-hybridized carbons (Fsp3) is 0.583. The Bertz CT molecular complexity index is 476. The molecule has 2 rings (SSSR count). The molecule has 1 aliphatic rings. The van der Waals surface area contributed by atoms with Gasteiger partial charge in [-0.05, 0) is 13.0 Å². The van der Waals surface area contributed by atoms with Crippen molar-refractivity contribution >= 4 is 11.8 Å². The highest BCUT2D eigenvalue weighted by atomic mass is 16.2. The zero-order chi connectivity index (χ0) is 13.8. The van der Waals surface area contributed by atoms with Crippen LogP contribution in [-0.2, 0) is 11.8 Å². The van der Waals surface area contributed by atoms with E-state index in [-0.39, 0.29) is 18.4 Å². The smallest absolute Gasteiger partial charge is 0.269 e. The second-order valence-electron chi connectivity index (χ2n) is 4.61. The van der Waals surface area contributed by atoms with Crippen molar-refractivity contribution in [3.63, 3.8) is 0 Å². The van der Waals surface area contributed by atoms with Crippen molar-refractivity contribution in [2.45, 2.75) is 6.92 Å². The lowest BCUT2D eigenvalue weighted by Crippen LogP contribution is -2.49. The number of aromatic nitrogens is 2. The minimum Gasteiger partial charge on any atom is -0.342 e. The van der Waals surface area contributed by atoms with Crippen LogP contribution in [0.4, 0.5) is 0 Å². The molecule has 1 fully saturated rings. The van der Waals surface area contributed by atoms with Gasteiger partial charge >= 0.3 is 0 Å². The number of amides is 2. The summed E-state index contributed by atoms with van der Waals surface area (Å²) in [5.74, 6) is -0.319. The molecular formula is C12H19N5O2. The maximum absolute atomic E-state index is 11.9. The summed E-state index contributed by atoms with van der Waals surface area (Å²) >= 11 is 0. The van der Waals surface area contributed by atoms with Gasteiger partial charge in [0.15, 0.2) is 0 Å². The number of nitrogens with one attached hydrogen (secondary N) is 2. The molecule has 7 heteroatoms. The summed E-state index contributed by atoms with van der Waals surface area (Å²) in [6, 6.07) is 1.70. The Hall–Kier alpha value is -1.89. The van der Waals surface area contributed by atoms with E-state index in [1.165, 1.54) is 4.68 Å². The molecule has 0 spiro atoms. The molecule has 0 bridgehead atoms. The largest absolute Gasteiger partial charge is 0.342 e. The molecule has 1 saturated heterocycles. The van der Waals surface area contributed by atoms with Gasteiger partial charge in [0, 0.05) is 33.2 Å². The summed E-state index contributed by atoms with van der Waals surface area (Å²) in [7, 11) is 1.71. The molecule has 0 aliphatic carbocycles. The number of aryl methyl sites for hydroxylation is 2. The van der Waals surface area contributed by atoms with Gasteiger partial charge in [-0.1, -0.05) is 0 Å². The first kappa shape index (κ1) is 13.5. The van der Waals surface area contributed by atoms with Crippen LogP contribution in [0.15, 0.2) is 6.07 Å². The standard InChI is InChI=1S/C12H19N5O2/c1-9-7-10(16(2)15-9)12(19)14-8-11(18)17-5-3-13-4-6-17/h7,13H,3-6,8H2,1-2H3,(H,14,19). The van der Waals surface area contributed by atoms with Gasteiger partial charge in [-0.15, -0.1) is 0 Å². The van der Waals surface area contributed by atoms with E-state index in [2.05, 4.69) is 15.7 Å². The number of piperazine rings is 1. The van der Waals surface area contributed by atoms with Gasteiger partial charge in [-0.2, -0.15) is 5.10 Å². The highest BCUT2D eigenvalue weighted by molar-refractivity contribution is 5.95. The number of hydrogen-bond donors (Lipinski definition) is 2. The van der Waals surface area contributed by atoms with Crippen molar-refractivity contribution < 1.29 is 9.59 Å². The lowest BCUT2D eigenvalue weighted by molar-refractivity contribution is -0.130. The Morgan fingerprint density at radius 1 is 1.42 bits per heavy atom. The molecule has 19 heavy (non-hydrogen) atoms. The van der Waals surface area contributed by atoms with E-state index in [0.29, 0.717) is 18.8 Å². The maximum atomic E-state index is 11.9. The number of rotatable bonds is 3. The zero-order valence-corrected chi connectivity index (χ0v) is 11.3. The third-order valence-corrected chi connectivity index (χ3v) is 3.10. The van der Waals surface area contributed by atoms with Gasteiger partial charge in [0.2, 0.25) is 5.91 Å². The Labute approximate surface area is 111 Å². The van der Waals surface area contributed by atoms with Crippen LogP contribution >= 0.6 is 0 Å². The van der Waals surface area contributed by atoms with Gasteiger partial charge in [-0.25, -0.2) is 0 Å². The summed E-state index contributed by atoms with van der Waals surface area (Å²) in [6.45, 7) is 4.85. The average Bonchev–Trinajstić information content (AvgIpc) is 2.75. The predicted molar refractivity (Wildman–Crippen MR) is 69.7 cm³/mol. The molecule has 0 radical (unpaired) electrons. The van der Waals surface area contributed by atoms with E-state index in [4.69, 9.17) is 0 Å². The third-order valence-electron chi connectivity index (χ3n) is 3.10. The Morgan fingerprint density at radius 3 is 2.68 bits per heavy atom. The van der Waals surface area contributed by atoms with E-state index in [9.17, 15) is 9.59 Å². The highest BCUT2D eigenvalue weighted by Gasteiger charge is 2.18. The summed E-state index contributed by atoms with van der Waals surface area (Å²) in [4.78, 5) is 25.6. The Balaban J connectivity index is 1.86. The van der Waals surface area contributed by atoms with Crippen LogP contribution in [0, 0.1) is 6.92 Å². The van der Waals surface area contributed by atoms with Crippen LogP contribution in [0.5, 0.6) is 0 Å². The summed E-state index contributed by atoms with van der Waals surface area (Å²) < 4.78 is 1.51. The van der Waals surface area contributed by atoms with Gasteiger partial charge in [0.05, 0.1) is 12.2 Å². The first-order valence-corrected chi connectivity index (χ1v) is 6.35. The van der Waals surface area contributed by atoms with E-state index in [1.54, 1.807) is 18.0 Å². The molecular weight excluding hydrogens is 246 g/mol. The van der Waals surface area contributed by atoms with Crippen molar-refractivity contribution in [2.75, 3.05) is 32.7 Å². The molecule has 2 N–H and O–H groups in total. The molecule has 2 heterocycles. The van der Waals surface area contributed by atoms with Crippen molar-refractivity contribution in [2.24, 2.45) is 7.05 Å². The van der Waals surface area contributed by atoms with Gasteiger partial charge in [0.25, 0.3) is 5.91 Å². The van der Waals surface area contributed by atoms with Gasteiger partial charge in [-0.3, -0.25) is 14.3 Å². The minimum absolute atomic E-state index is 0.0308. The van der Waals surface area contributed by atoms with Crippen LogP contribution in [0.2, 0.25) is 0 Å². The second-order valence-corrected chi connectivity index (χ2v) is 4.61. The number of carbonyl (C=O) groups is 2. The minimum atomic E-state index is -0.272. The molecule has 1 aromatic heterocycles. The van der Waals surface area contributed by atoms with Crippen LogP contribution in [0.1, 0.15) is 16.2 Å². The Kier molecular flexibility index (Phi) is 4.16. The molecule has 104 valence electrons. The number of carbonyl (C=O) groups excluding carboxylic acids is 2. The summed E-state index contributed by atoms with van der Waals surface area (Å²) in [5.41, 5.74) is 1.24. The fourth-order valence-electron chi connectivity index (χ4n) is 2.10. The van der Waals surface area contributed by atoms with Crippen LogP contribution in [-0.4, -0.2) is 59.2 Å². The zero-order valence-electron chi connectivity index (χ0n) is 11.3. The lowest BCUT2D eigenvalue weighted by atomic mass is 10.3. The third kappa shape index (κ3) is 3.31. The molecule has 1 aromatic rings. The number of hydrogen-bond acceptors (Lipinski definition) is 4. The second kappa shape index (κ2) is 5.83. The average molecular weight is 265 g/mol.